The van der Waals surface area contributed by atoms with Crippen molar-refractivity contribution in [3.05, 3.63) is 25.0 Å². The van der Waals surface area contributed by atoms with Crippen molar-refractivity contribution in [1.29, 1.82) is 0 Å². The van der Waals surface area contributed by atoms with Crippen LogP contribution in [0.2, 0.25) is 0 Å². The van der Waals surface area contributed by atoms with Crippen molar-refractivity contribution in [3.63, 3.8) is 0 Å². The summed E-state index contributed by atoms with van der Waals surface area (Å²) in [5, 5.41) is 0. The zero-order valence-electron chi connectivity index (χ0n) is 14.4. The average Bonchev–Trinajstić information content (AvgIpc) is 2.48. The highest BCUT2D eigenvalue weighted by Crippen LogP contribution is 2.34. The van der Waals surface area contributed by atoms with Crippen LogP contribution in [-0.4, -0.2) is 38.8 Å². The Labute approximate surface area is 135 Å². The predicted octanol–water partition coefficient (Wildman–Crippen LogP) is 3.92. The first-order valence-electron chi connectivity index (χ1n) is 8.29. The van der Waals surface area contributed by atoms with E-state index < -0.39 is 0 Å². The van der Waals surface area contributed by atoms with Gasteiger partial charge in [-0.1, -0.05) is 27.0 Å². The van der Waals surface area contributed by atoms with Crippen molar-refractivity contribution < 1.29 is 18.9 Å². The fourth-order valence-corrected chi connectivity index (χ4v) is 2.68. The van der Waals surface area contributed by atoms with Gasteiger partial charge in [0, 0.05) is 0 Å². The Bertz CT molecular complexity index is 327. The smallest absolute Gasteiger partial charge is 0.155 e. The van der Waals surface area contributed by atoms with Crippen LogP contribution in [0.25, 0.3) is 0 Å². The molecule has 4 heteroatoms. The molecule has 0 aromatic carbocycles. The minimum atomic E-state index is -0.235. The van der Waals surface area contributed by atoms with Gasteiger partial charge in [0.1, 0.15) is 6.61 Å². The molecule has 1 fully saturated rings. The second kappa shape index (κ2) is 10.8. The maximum absolute atomic E-state index is 6.01. The highest BCUT2D eigenvalue weighted by atomic mass is 16.7. The van der Waals surface area contributed by atoms with Crippen LogP contribution >= 0.6 is 0 Å². The van der Waals surface area contributed by atoms with Crippen LogP contribution in [0.5, 0.6) is 0 Å². The quantitative estimate of drug-likeness (QED) is 0.251. The monoisotopic (exact) mass is 312 g/mol. The van der Waals surface area contributed by atoms with Gasteiger partial charge in [0.2, 0.25) is 0 Å². The van der Waals surface area contributed by atoms with Crippen molar-refractivity contribution in [3.8, 4) is 0 Å². The molecule has 0 bridgehead atoms. The van der Waals surface area contributed by atoms with E-state index in [2.05, 4.69) is 27.0 Å². The first kappa shape index (κ1) is 19.2. The van der Waals surface area contributed by atoms with Crippen LogP contribution in [0.4, 0.5) is 0 Å². The van der Waals surface area contributed by atoms with Crippen LogP contribution in [0.15, 0.2) is 25.0 Å². The Balaban J connectivity index is 2.16. The number of rotatable bonds is 11. The minimum absolute atomic E-state index is 0.123. The van der Waals surface area contributed by atoms with Crippen LogP contribution in [0.1, 0.15) is 40.0 Å². The lowest BCUT2D eigenvalue weighted by Crippen LogP contribution is -2.31. The molecular formula is C18H32O4. The molecule has 0 N–H and O–H groups in total. The summed E-state index contributed by atoms with van der Waals surface area (Å²) in [6.45, 7) is 16.2. The summed E-state index contributed by atoms with van der Waals surface area (Å²) in [6.07, 6.45) is 4.65. The van der Waals surface area contributed by atoms with Gasteiger partial charge in [0.05, 0.1) is 32.2 Å². The third kappa shape index (κ3) is 7.43. The number of ether oxygens (including phenoxy) is 4. The van der Waals surface area contributed by atoms with Gasteiger partial charge in [-0.05, 0) is 43.6 Å². The molecule has 0 radical (unpaired) electrons. The SMILES string of the molecule is C=COCCOCCOC(C)OC1CC(C(C)C)CCC1=C. The molecule has 1 aliphatic carbocycles. The normalized spacial score (nSPS) is 23.5. The molecule has 1 rings (SSSR count). The zero-order valence-corrected chi connectivity index (χ0v) is 14.4. The lowest BCUT2D eigenvalue weighted by atomic mass is 9.78. The molecule has 0 aromatic rings. The van der Waals surface area contributed by atoms with E-state index in [1.807, 2.05) is 6.92 Å². The molecule has 128 valence electrons. The van der Waals surface area contributed by atoms with E-state index in [4.69, 9.17) is 18.9 Å². The molecular weight excluding hydrogens is 280 g/mol. The summed E-state index contributed by atoms with van der Waals surface area (Å²) >= 11 is 0. The van der Waals surface area contributed by atoms with Gasteiger partial charge in [-0.15, -0.1) is 0 Å². The van der Waals surface area contributed by atoms with E-state index in [1.54, 1.807) is 0 Å². The molecule has 0 aromatic heterocycles. The van der Waals surface area contributed by atoms with E-state index >= 15 is 0 Å². The number of hydrogen-bond acceptors (Lipinski definition) is 4. The molecule has 22 heavy (non-hydrogen) atoms. The summed E-state index contributed by atoms with van der Waals surface area (Å²) in [4.78, 5) is 0. The Kier molecular flexibility index (Phi) is 9.44. The minimum Gasteiger partial charge on any atom is -0.499 e. The van der Waals surface area contributed by atoms with Crippen molar-refractivity contribution >= 4 is 0 Å². The van der Waals surface area contributed by atoms with Gasteiger partial charge in [-0.3, -0.25) is 0 Å². The van der Waals surface area contributed by atoms with Gasteiger partial charge < -0.3 is 18.9 Å². The highest BCUT2D eigenvalue weighted by molar-refractivity contribution is 5.07. The maximum atomic E-state index is 6.01. The Morgan fingerprint density at radius 2 is 1.91 bits per heavy atom. The third-order valence-electron chi connectivity index (χ3n) is 4.15. The van der Waals surface area contributed by atoms with E-state index in [9.17, 15) is 0 Å². The molecule has 0 aliphatic heterocycles. The topological polar surface area (TPSA) is 36.9 Å². The molecule has 0 heterocycles. The van der Waals surface area contributed by atoms with Crippen molar-refractivity contribution in [2.75, 3.05) is 26.4 Å². The van der Waals surface area contributed by atoms with Gasteiger partial charge in [-0.2, -0.15) is 0 Å². The summed E-state index contributed by atoms with van der Waals surface area (Å²) in [5.41, 5.74) is 1.20. The van der Waals surface area contributed by atoms with Gasteiger partial charge in [0.15, 0.2) is 6.29 Å². The van der Waals surface area contributed by atoms with Crippen molar-refractivity contribution in [2.24, 2.45) is 11.8 Å². The van der Waals surface area contributed by atoms with E-state index in [0.29, 0.717) is 32.3 Å². The lowest BCUT2D eigenvalue weighted by Gasteiger charge is -2.34. The molecule has 3 unspecified atom stereocenters. The Morgan fingerprint density at radius 3 is 2.59 bits per heavy atom. The van der Waals surface area contributed by atoms with E-state index in [0.717, 1.165) is 18.8 Å². The second-order valence-electron chi connectivity index (χ2n) is 6.15. The second-order valence-corrected chi connectivity index (χ2v) is 6.15. The lowest BCUT2D eigenvalue weighted by molar-refractivity contribution is -0.165. The van der Waals surface area contributed by atoms with Gasteiger partial charge >= 0.3 is 0 Å². The largest absolute Gasteiger partial charge is 0.499 e. The predicted molar refractivity (Wildman–Crippen MR) is 88.6 cm³/mol. The maximum Gasteiger partial charge on any atom is 0.155 e. The fourth-order valence-electron chi connectivity index (χ4n) is 2.68. The van der Waals surface area contributed by atoms with Crippen molar-refractivity contribution in [1.82, 2.24) is 0 Å². The van der Waals surface area contributed by atoms with Crippen molar-refractivity contribution in [2.45, 2.75) is 52.4 Å². The van der Waals surface area contributed by atoms with Gasteiger partial charge in [0.25, 0.3) is 0 Å². The van der Waals surface area contributed by atoms with Crippen LogP contribution in [-0.2, 0) is 18.9 Å². The molecule has 0 spiro atoms. The Hall–Kier alpha value is -0.840. The van der Waals surface area contributed by atoms with Crippen LogP contribution in [0, 0.1) is 11.8 Å². The summed E-state index contributed by atoms with van der Waals surface area (Å²) < 4.78 is 22.0. The average molecular weight is 312 g/mol. The van der Waals surface area contributed by atoms with Crippen LogP contribution in [0.3, 0.4) is 0 Å². The standard InChI is InChI=1S/C18H32O4/c1-6-19-9-10-20-11-12-21-16(5)22-18-13-17(14(2)3)8-7-15(18)4/h6,14,16-18H,1,4,7-13H2,2-3,5H3. The fraction of sp³-hybridized carbons (Fsp3) is 0.778. The number of hydrogen-bond donors (Lipinski definition) is 0. The molecule has 1 saturated carbocycles. The molecule has 0 amide bonds. The first-order valence-corrected chi connectivity index (χ1v) is 8.29. The molecule has 3 atom stereocenters. The summed E-state index contributed by atoms with van der Waals surface area (Å²) in [5.74, 6) is 1.41. The summed E-state index contributed by atoms with van der Waals surface area (Å²) in [7, 11) is 0. The Morgan fingerprint density at radius 1 is 1.18 bits per heavy atom. The highest BCUT2D eigenvalue weighted by Gasteiger charge is 2.28. The first-order chi connectivity index (χ1) is 10.5. The van der Waals surface area contributed by atoms with Crippen LogP contribution < -0.4 is 0 Å². The summed E-state index contributed by atoms with van der Waals surface area (Å²) in [6, 6.07) is 0. The molecule has 4 nitrogen and oxygen atoms in total. The van der Waals surface area contributed by atoms with Gasteiger partial charge in [-0.25, -0.2) is 0 Å². The molecule has 0 saturated heterocycles. The third-order valence-corrected chi connectivity index (χ3v) is 4.15. The van der Waals surface area contributed by atoms with E-state index in [1.165, 1.54) is 18.3 Å². The molecule has 1 aliphatic rings. The zero-order chi connectivity index (χ0) is 16.4. The van der Waals surface area contributed by atoms with E-state index in [-0.39, 0.29) is 12.4 Å².